The normalized spacial score (nSPS) is 19.2. The van der Waals surface area contributed by atoms with Crippen molar-refractivity contribution in [3.05, 3.63) is 29.8 Å². The number of ether oxygens (including phenoxy) is 1. The second-order valence-corrected chi connectivity index (χ2v) is 4.84. The van der Waals surface area contributed by atoms with Gasteiger partial charge in [-0.25, -0.2) is 0 Å². The largest absolute Gasteiger partial charge is 0.435 e. The minimum atomic E-state index is -2.83. The molecule has 6 heteroatoms. The maximum absolute atomic E-state index is 12.2. The van der Waals surface area contributed by atoms with Gasteiger partial charge in [-0.05, 0) is 24.6 Å². The fraction of sp³-hybridized carbons (Fsp3) is 0.500. The highest BCUT2D eigenvalue weighted by molar-refractivity contribution is 5.79. The maximum Gasteiger partial charge on any atom is 0.387 e. The predicted molar refractivity (Wildman–Crippen MR) is 70.8 cm³/mol. The summed E-state index contributed by atoms with van der Waals surface area (Å²) in [5.41, 5.74) is 0.794. The zero-order valence-electron chi connectivity index (χ0n) is 11.3. The Hall–Kier alpha value is -1.69. The van der Waals surface area contributed by atoms with Crippen LogP contribution in [0.1, 0.15) is 12.5 Å². The Bertz CT molecular complexity index is 451. The molecule has 1 aliphatic rings. The average Bonchev–Trinajstić information content (AvgIpc) is 2.41. The van der Waals surface area contributed by atoms with E-state index >= 15 is 0 Å². The molecule has 0 aromatic heterocycles. The minimum absolute atomic E-state index is 0.0570. The molecule has 0 unspecified atom stereocenters. The SMILES string of the molecule is C[C@H]1CNCCN1C(=O)Cc1ccc(OC(F)F)cc1. The third kappa shape index (κ3) is 3.90. The minimum Gasteiger partial charge on any atom is -0.435 e. The number of hydrogen-bond acceptors (Lipinski definition) is 3. The Kier molecular flexibility index (Phi) is 4.89. The maximum atomic E-state index is 12.2. The smallest absolute Gasteiger partial charge is 0.387 e. The number of carbonyl (C=O) groups is 1. The van der Waals surface area contributed by atoms with Crippen molar-refractivity contribution in [1.82, 2.24) is 10.2 Å². The van der Waals surface area contributed by atoms with E-state index in [1.807, 2.05) is 11.8 Å². The fourth-order valence-corrected chi connectivity index (χ4v) is 2.28. The van der Waals surface area contributed by atoms with Crippen LogP contribution >= 0.6 is 0 Å². The van der Waals surface area contributed by atoms with Crippen molar-refractivity contribution in [1.29, 1.82) is 0 Å². The number of rotatable bonds is 4. The monoisotopic (exact) mass is 284 g/mol. The third-order valence-electron chi connectivity index (χ3n) is 3.33. The first-order valence-electron chi connectivity index (χ1n) is 6.60. The van der Waals surface area contributed by atoms with Crippen molar-refractivity contribution in [3.8, 4) is 5.75 Å². The van der Waals surface area contributed by atoms with Crippen molar-refractivity contribution in [2.24, 2.45) is 0 Å². The van der Waals surface area contributed by atoms with Crippen molar-refractivity contribution in [2.45, 2.75) is 26.0 Å². The lowest BCUT2D eigenvalue weighted by molar-refractivity contribution is -0.133. The summed E-state index contributed by atoms with van der Waals surface area (Å²) >= 11 is 0. The Labute approximate surface area is 116 Å². The fourth-order valence-electron chi connectivity index (χ4n) is 2.28. The summed E-state index contributed by atoms with van der Waals surface area (Å²) in [5.74, 6) is 0.160. The summed E-state index contributed by atoms with van der Waals surface area (Å²) in [7, 11) is 0. The van der Waals surface area contributed by atoms with Crippen LogP contribution in [0.2, 0.25) is 0 Å². The number of nitrogens with one attached hydrogen (secondary N) is 1. The number of carbonyl (C=O) groups excluding carboxylic acids is 1. The lowest BCUT2D eigenvalue weighted by Gasteiger charge is -2.34. The topological polar surface area (TPSA) is 41.6 Å². The second kappa shape index (κ2) is 6.65. The number of nitrogens with zero attached hydrogens (tertiary/aromatic N) is 1. The molecule has 1 aromatic carbocycles. The van der Waals surface area contributed by atoms with Crippen molar-refractivity contribution in [3.63, 3.8) is 0 Å². The highest BCUT2D eigenvalue weighted by atomic mass is 19.3. The Morgan fingerprint density at radius 2 is 2.15 bits per heavy atom. The quantitative estimate of drug-likeness (QED) is 0.914. The summed E-state index contributed by atoms with van der Waals surface area (Å²) in [5, 5.41) is 3.23. The molecule has 1 fully saturated rings. The van der Waals surface area contributed by atoms with Gasteiger partial charge >= 0.3 is 6.61 Å². The summed E-state index contributed by atoms with van der Waals surface area (Å²) in [6.45, 7) is 1.48. The Morgan fingerprint density at radius 3 is 2.75 bits per heavy atom. The first-order valence-corrected chi connectivity index (χ1v) is 6.60. The molecule has 110 valence electrons. The van der Waals surface area contributed by atoms with Gasteiger partial charge in [-0.1, -0.05) is 12.1 Å². The highest BCUT2D eigenvalue weighted by Gasteiger charge is 2.22. The van der Waals surface area contributed by atoms with Gasteiger partial charge in [0.05, 0.1) is 6.42 Å². The van der Waals surface area contributed by atoms with Crippen LogP contribution in [0, 0.1) is 0 Å². The molecule has 1 amide bonds. The van der Waals surface area contributed by atoms with Gasteiger partial charge in [-0.3, -0.25) is 4.79 Å². The number of alkyl halides is 2. The van der Waals surface area contributed by atoms with Crippen LogP contribution in [-0.2, 0) is 11.2 Å². The molecule has 1 atom stereocenters. The molecule has 1 aliphatic heterocycles. The van der Waals surface area contributed by atoms with Gasteiger partial charge in [0, 0.05) is 25.7 Å². The van der Waals surface area contributed by atoms with Gasteiger partial charge in [0.25, 0.3) is 0 Å². The molecular formula is C14H18F2N2O2. The molecule has 1 N–H and O–H groups in total. The van der Waals surface area contributed by atoms with Gasteiger partial charge in [0.2, 0.25) is 5.91 Å². The van der Waals surface area contributed by atoms with Crippen LogP contribution in [0.15, 0.2) is 24.3 Å². The van der Waals surface area contributed by atoms with Gasteiger partial charge in [0.1, 0.15) is 5.75 Å². The first-order chi connectivity index (χ1) is 9.56. The molecule has 1 heterocycles. The van der Waals surface area contributed by atoms with Crippen LogP contribution in [0.4, 0.5) is 8.78 Å². The van der Waals surface area contributed by atoms with Crippen molar-refractivity contribution >= 4 is 5.91 Å². The summed E-state index contributed by atoms with van der Waals surface area (Å²) in [6.07, 6.45) is 0.277. The standard InChI is InChI=1S/C14H18F2N2O2/c1-10-9-17-6-7-18(10)13(19)8-11-2-4-12(5-3-11)20-14(15)16/h2-5,10,14,17H,6-9H2,1H3/t10-/m0/s1. The summed E-state index contributed by atoms with van der Waals surface area (Å²) < 4.78 is 28.3. The van der Waals surface area contributed by atoms with Crippen molar-refractivity contribution in [2.75, 3.05) is 19.6 Å². The number of halogens is 2. The van der Waals surface area contributed by atoms with E-state index in [0.717, 1.165) is 18.7 Å². The van der Waals surface area contributed by atoms with Crippen molar-refractivity contribution < 1.29 is 18.3 Å². The first kappa shape index (κ1) is 14.7. The Balaban J connectivity index is 1.93. The summed E-state index contributed by atoms with van der Waals surface area (Å²) in [6, 6.07) is 6.37. The molecule has 0 aliphatic carbocycles. The van der Waals surface area contributed by atoms with E-state index in [9.17, 15) is 13.6 Å². The molecule has 2 rings (SSSR count). The molecule has 0 spiro atoms. The lowest BCUT2D eigenvalue weighted by Crippen LogP contribution is -2.52. The number of amides is 1. The third-order valence-corrected chi connectivity index (χ3v) is 3.33. The summed E-state index contributed by atoms with van der Waals surface area (Å²) in [4.78, 5) is 14.0. The van der Waals surface area contributed by atoms with Gasteiger partial charge in [-0.15, -0.1) is 0 Å². The highest BCUT2D eigenvalue weighted by Crippen LogP contribution is 2.16. The van der Waals surface area contributed by atoms with Crippen LogP contribution < -0.4 is 10.1 Å². The van der Waals surface area contributed by atoms with Gasteiger partial charge in [-0.2, -0.15) is 8.78 Å². The number of hydrogen-bond donors (Lipinski definition) is 1. The Morgan fingerprint density at radius 1 is 1.45 bits per heavy atom. The van der Waals surface area contributed by atoms with E-state index < -0.39 is 6.61 Å². The predicted octanol–water partition coefficient (Wildman–Crippen LogP) is 1.65. The van der Waals surface area contributed by atoms with Crippen LogP contribution in [0.25, 0.3) is 0 Å². The zero-order valence-corrected chi connectivity index (χ0v) is 11.3. The van der Waals surface area contributed by atoms with E-state index in [0.29, 0.717) is 6.54 Å². The molecule has 4 nitrogen and oxygen atoms in total. The second-order valence-electron chi connectivity index (χ2n) is 4.84. The molecule has 0 bridgehead atoms. The van der Waals surface area contributed by atoms with Crippen LogP contribution in [0.3, 0.4) is 0 Å². The lowest BCUT2D eigenvalue weighted by atomic mass is 10.1. The van der Waals surface area contributed by atoms with Crippen LogP contribution in [0.5, 0.6) is 5.75 Å². The number of benzene rings is 1. The van der Waals surface area contributed by atoms with Gasteiger partial charge < -0.3 is 15.0 Å². The van der Waals surface area contributed by atoms with E-state index in [4.69, 9.17) is 0 Å². The van der Waals surface area contributed by atoms with Crippen LogP contribution in [-0.4, -0.2) is 43.1 Å². The molecule has 1 saturated heterocycles. The molecule has 0 radical (unpaired) electrons. The molecule has 0 saturated carbocycles. The molecule has 1 aromatic rings. The molecule has 20 heavy (non-hydrogen) atoms. The van der Waals surface area contributed by atoms with E-state index in [1.165, 1.54) is 12.1 Å². The zero-order chi connectivity index (χ0) is 14.5. The van der Waals surface area contributed by atoms with Gasteiger partial charge in [0.15, 0.2) is 0 Å². The average molecular weight is 284 g/mol. The van der Waals surface area contributed by atoms with E-state index in [-0.39, 0.29) is 24.1 Å². The van der Waals surface area contributed by atoms with E-state index in [2.05, 4.69) is 10.1 Å². The molecular weight excluding hydrogens is 266 g/mol. The van der Waals surface area contributed by atoms with E-state index in [1.54, 1.807) is 12.1 Å². The number of piperazine rings is 1.